The number of pyridine rings is 1. The van der Waals surface area contributed by atoms with Crippen LogP contribution in [0, 0.1) is 12.3 Å². The molecule has 5 rings (SSSR count). The molecule has 0 aliphatic carbocycles. The second kappa shape index (κ2) is 10.3. The number of morpholine rings is 1. The summed E-state index contributed by atoms with van der Waals surface area (Å²) in [6, 6.07) is 5.78. The van der Waals surface area contributed by atoms with Crippen molar-refractivity contribution in [3.8, 4) is 23.5 Å². The van der Waals surface area contributed by atoms with Gasteiger partial charge in [0, 0.05) is 43.0 Å². The zero-order valence-electron chi connectivity index (χ0n) is 23.7. The van der Waals surface area contributed by atoms with Crippen LogP contribution in [0.5, 0.6) is 0 Å². The maximum absolute atomic E-state index is 13.3. The monoisotopic (exact) mass is 544 g/mol. The maximum Gasteiger partial charge on any atom is 0.410 e. The van der Waals surface area contributed by atoms with Crippen molar-refractivity contribution in [2.45, 2.75) is 64.8 Å². The molecule has 9 heteroatoms. The van der Waals surface area contributed by atoms with Crippen LogP contribution in [0.1, 0.15) is 62.9 Å². The summed E-state index contributed by atoms with van der Waals surface area (Å²) in [6.45, 7) is 10.4. The molecule has 2 aliphatic rings. The van der Waals surface area contributed by atoms with Crippen LogP contribution in [0.3, 0.4) is 0 Å². The summed E-state index contributed by atoms with van der Waals surface area (Å²) in [5.41, 5.74) is 4.06. The molecule has 0 saturated carbocycles. The van der Waals surface area contributed by atoms with E-state index in [0.717, 1.165) is 38.8 Å². The summed E-state index contributed by atoms with van der Waals surface area (Å²) in [4.78, 5) is 37.5. The van der Waals surface area contributed by atoms with Crippen LogP contribution in [0.2, 0.25) is 0 Å². The Morgan fingerprint density at radius 2 is 1.95 bits per heavy atom. The topological polar surface area (TPSA) is 108 Å². The third kappa shape index (κ3) is 5.42. The maximum atomic E-state index is 13.3. The van der Waals surface area contributed by atoms with Gasteiger partial charge in [-0.3, -0.25) is 9.69 Å². The molecule has 1 fully saturated rings. The van der Waals surface area contributed by atoms with Crippen molar-refractivity contribution in [3.63, 3.8) is 0 Å². The number of rotatable bonds is 3. The Labute approximate surface area is 234 Å². The second-order valence-corrected chi connectivity index (χ2v) is 12.0. The van der Waals surface area contributed by atoms with Crippen LogP contribution in [0.25, 0.3) is 22.2 Å². The normalized spacial score (nSPS) is 17.9. The quantitative estimate of drug-likeness (QED) is 0.479. The minimum atomic E-state index is -1.49. The third-order valence-corrected chi connectivity index (χ3v) is 7.32. The van der Waals surface area contributed by atoms with Gasteiger partial charge in [0.1, 0.15) is 16.8 Å². The van der Waals surface area contributed by atoms with Crippen LogP contribution in [0.15, 0.2) is 30.6 Å². The van der Waals surface area contributed by atoms with E-state index in [2.05, 4.69) is 28.0 Å². The molecule has 210 valence electrons. The Hall–Kier alpha value is -3.87. The van der Waals surface area contributed by atoms with Gasteiger partial charge in [-0.25, -0.2) is 9.78 Å². The zero-order valence-corrected chi connectivity index (χ0v) is 23.7. The minimum absolute atomic E-state index is 0.297. The Balaban J connectivity index is 1.63. The Morgan fingerprint density at radius 1 is 1.18 bits per heavy atom. The molecule has 2 amide bonds. The lowest BCUT2D eigenvalue weighted by Crippen LogP contribution is -2.48. The molecule has 0 bridgehead atoms. The second-order valence-electron chi connectivity index (χ2n) is 12.0. The molecule has 0 radical (unpaired) electrons. The molecule has 4 heterocycles. The molecule has 1 atom stereocenters. The summed E-state index contributed by atoms with van der Waals surface area (Å²) in [5, 5.41) is 11.3. The number of hydrogen-bond donors (Lipinski definition) is 2. The molecule has 0 spiro atoms. The number of aromatic amines is 1. The number of nitrogens with one attached hydrogen (secondary N) is 1. The van der Waals surface area contributed by atoms with Gasteiger partial charge in [0.15, 0.2) is 0 Å². The van der Waals surface area contributed by atoms with Gasteiger partial charge in [0.25, 0.3) is 5.91 Å². The van der Waals surface area contributed by atoms with Gasteiger partial charge in [0.05, 0.1) is 24.8 Å². The fourth-order valence-corrected chi connectivity index (χ4v) is 5.40. The van der Waals surface area contributed by atoms with Crippen molar-refractivity contribution in [3.05, 3.63) is 52.8 Å². The first-order valence-electron chi connectivity index (χ1n) is 13.5. The number of carbonyl (C=O) groups excluding carboxylic acids is 2. The highest BCUT2D eigenvalue weighted by atomic mass is 16.6. The number of terminal acetylenes is 1. The predicted molar refractivity (Wildman–Crippen MR) is 151 cm³/mol. The third-order valence-electron chi connectivity index (χ3n) is 7.32. The van der Waals surface area contributed by atoms with Crippen LogP contribution in [-0.4, -0.2) is 74.4 Å². The standard InChI is InChI=1S/C31H36N4O5/c1-7-19-15-32-27-23(19)14-22(16-33-27)21-12-20-8-9-34(28(36)31(5,6)38)17-25(20)24(13-21)26-18-39-11-10-35(26)29(37)40-30(2,3)4/h1,12-16,26,38H,8-11,17-18H2,2-6H3,(H,32,33)/t26-/m0/s1. The van der Waals surface area contributed by atoms with Gasteiger partial charge in [-0.15, -0.1) is 6.42 Å². The van der Waals surface area contributed by atoms with E-state index in [1.807, 2.05) is 26.8 Å². The number of nitrogens with zero attached hydrogens (tertiary/aromatic N) is 3. The number of H-pyrrole nitrogens is 1. The first-order valence-corrected chi connectivity index (χ1v) is 13.5. The van der Waals surface area contributed by atoms with Gasteiger partial charge in [-0.1, -0.05) is 12.0 Å². The van der Waals surface area contributed by atoms with Gasteiger partial charge in [-0.05, 0) is 75.4 Å². The van der Waals surface area contributed by atoms with E-state index in [0.29, 0.717) is 44.9 Å². The van der Waals surface area contributed by atoms with Crippen LogP contribution >= 0.6 is 0 Å². The summed E-state index contributed by atoms with van der Waals surface area (Å²) in [7, 11) is 0. The minimum Gasteiger partial charge on any atom is -0.444 e. The average molecular weight is 545 g/mol. The van der Waals surface area contributed by atoms with Gasteiger partial charge in [0.2, 0.25) is 0 Å². The van der Waals surface area contributed by atoms with E-state index in [9.17, 15) is 14.7 Å². The summed E-state index contributed by atoms with van der Waals surface area (Å²) >= 11 is 0. The molecule has 2 aromatic heterocycles. The van der Waals surface area contributed by atoms with E-state index in [-0.39, 0.29) is 5.91 Å². The molecule has 1 saturated heterocycles. The SMILES string of the molecule is C#Cc1c[nH]c2ncc(-c3cc4c(c([C@@H]5COCCN5C(=O)OC(C)(C)C)c3)CN(C(=O)C(C)(C)O)CC4)cc12. The van der Waals surface area contributed by atoms with Gasteiger partial charge >= 0.3 is 6.09 Å². The van der Waals surface area contributed by atoms with E-state index in [1.54, 1.807) is 22.2 Å². The largest absolute Gasteiger partial charge is 0.444 e. The zero-order chi connectivity index (χ0) is 28.8. The predicted octanol–water partition coefficient (Wildman–Crippen LogP) is 4.18. The number of aromatic nitrogens is 2. The highest BCUT2D eigenvalue weighted by molar-refractivity contribution is 5.87. The van der Waals surface area contributed by atoms with Crippen LogP contribution < -0.4 is 0 Å². The number of hydrogen-bond acceptors (Lipinski definition) is 6. The lowest BCUT2D eigenvalue weighted by atomic mass is 9.86. The first-order chi connectivity index (χ1) is 18.9. The van der Waals surface area contributed by atoms with E-state index in [1.165, 1.54) is 13.8 Å². The highest BCUT2D eigenvalue weighted by Gasteiger charge is 2.37. The van der Waals surface area contributed by atoms with E-state index in [4.69, 9.17) is 15.9 Å². The fourth-order valence-electron chi connectivity index (χ4n) is 5.40. The van der Waals surface area contributed by atoms with Crippen molar-refractivity contribution in [1.82, 2.24) is 19.8 Å². The van der Waals surface area contributed by atoms with Crippen molar-refractivity contribution in [2.75, 3.05) is 26.3 Å². The highest BCUT2D eigenvalue weighted by Crippen LogP contribution is 2.37. The first kappa shape index (κ1) is 27.7. The van der Waals surface area contributed by atoms with Crippen molar-refractivity contribution >= 4 is 23.0 Å². The summed E-state index contributed by atoms with van der Waals surface area (Å²) in [5.74, 6) is 2.37. The molecule has 9 nitrogen and oxygen atoms in total. The van der Waals surface area contributed by atoms with Crippen LogP contribution in [-0.2, 0) is 27.2 Å². The molecule has 1 aromatic carbocycles. The number of carbonyl (C=O) groups is 2. The number of ether oxygens (including phenoxy) is 2. The number of aliphatic hydroxyl groups is 1. The fraction of sp³-hybridized carbons (Fsp3) is 0.452. The lowest BCUT2D eigenvalue weighted by molar-refractivity contribution is -0.148. The summed E-state index contributed by atoms with van der Waals surface area (Å²) < 4.78 is 11.6. The van der Waals surface area contributed by atoms with Gasteiger partial charge in [-0.2, -0.15) is 0 Å². The molecule has 0 unspecified atom stereocenters. The van der Waals surface area contributed by atoms with Crippen LogP contribution in [0.4, 0.5) is 4.79 Å². The van der Waals surface area contributed by atoms with Crippen molar-refractivity contribution in [2.24, 2.45) is 0 Å². The van der Waals surface area contributed by atoms with E-state index >= 15 is 0 Å². The lowest BCUT2D eigenvalue weighted by Gasteiger charge is -2.40. The smallest absolute Gasteiger partial charge is 0.410 e. The molecule has 2 aliphatic heterocycles. The Bertz CT molecular complexity index is 1500. The molecule has 2 N–H and O–H groups in total. The number of fused-ring (bicyclic) bond motifs is 2. The molecule has 3 aromatic rings. The molecular weight excluding hydrogens is 508 g/mol. The summed E-state index contributed by atoms with van der Waals surface area (Å²) in [6.07, 6.45) is 9.48. The molecule has 40 heavy (non-hydrogen) atoms. The average Bonchev–Trinajstić information content (AvgIpc) is 3.32. The Kier molecular flexibility index (Phi) is 7.11. The van der Waals surface area contributed by atoms with Gasteiger partial charge < -0.3 is 24.5 Å². The van der Waals surface area contributed by atoms with Crippen molar-refractivity contribution in [1.29, 1.82) is 0 Å². The molecular formula is C31H36N4O5. The number of amides is 2. The van der Waals surface area contributed by atoms with E-state index < -0.39 is 23.3 Å². The van der Waals surface area contributed by atoms with Crippen molar-refractivity contribution < 1.29 is 24.2 Å². The Morgan fingerprint density at radius 3 is 2.65 bits per heavy atom. The number of benzene rings is 1.